The fourth-order valence-electron chi connectivity index (χ4n) is 4.32. The molecule has 1 aliphatic carbocycles. The summed E-state index contributed by atoms with van der Waals surface area (Å²) in [5.74, 6) is 2.12. The Morgan fingerprint density at radius 3 is 2.90 bits per heavy atom. The van der Waals surface area contributed by atoms with Gasteiger partial charge in [0.05, 0.1) is 24.9 Å². The van der Waals surface area contributed by atoms with Crippen LogP contribution in [0.5, 0.6) is 0 Å². The van der Waals surface area contributed by atoms with Gasteiger partial charge in [-0.1, -0.05) is 12.2 Å². The molecule has 156 valence electrons. The first-order valence-corrected chi connectivity index (χ1v) is 10.5. The molecule has 0 N–H and O–H groups in total. The number of anilines is 2. The highest BCUT2D eigenvalue weighted by molar-refractivity contribution is 5.92. The number of carbonyl (C=O) groups is 1. The smallest absolute Gasteiger partial charge is 0.325 e. The highest BCUT2D eigenvalue weighted by Crippen LogP contribution is 2.32. The van der Waals surface area contributed by atoms with Crippen molar-refractivity contribution in [2.75, 3.05) is 49.7 Å². The van der Waals surface area contributed by atoms with Gasteiger partial charge in [0.15, 0.2) is 5.82 Å². The minimum absolute atomic E-state index is 0.0215. The fourth-order valence-corrected chi connectivity index (χ4v) is 4.32. The Hall–Kier alpha value is -3.00. The van der Waals surface area contributed by atoms with Gasteiger partial charge in [0.1, 0.15) is 11.6 Å². The number of urea groups is 1. The maximum atomic E-state index is 12.8. The Morgan fingerprint density at radius 1 is 1.17 bits per heavy atom. The molecule has 30 heavy (non-hydrogen) atoms. The monoisotopic (exact) mass is 406 g/mol. The highest BCUT2D eigenvalue weighted by atomic mass is 16.5. The number of rotatable bonds is 3. The van der Waals surface area contributed by atoms with Crippen molar-refractivity contribution in [2.24, 2.45) is 0 Å². The number of ether oxygens (including phenoxy) is 1. The van der Waals surface area contributed by atoms with E-state index in [-0.39, 0.29) is 12.1 Å². The van der Waals surface area contributed by atoms with Crippen molar-refractivity contribution >= 4 is 23.7 Å². The molecule has 2 amide bonds. The summed E-state index contributed by atoms with van der Waals surface area (Å²) in [5, 5.41) is 0. The second-order valence-corrected chi connectivity index (χ2v) is 8.06. The van der Waals surface area contributed by atoms with Crippen LogP contribution in [-0.4, -0.2) is 71.8 Å². The third kappa shape index (κ3) is 3.31. The van der Waals surface area contributed by atoms with Crippen molar-refractivity contribution in [2.45, 2.75) is 25.8 Å². The maximum absolute atomic E-state index is 12.8. The topological polar surface area (TPSA) is 74.7 Å². The van der Waals surface area contributed by atoms with Crippen LogP contribution in [0, 0.1) is 0 Å². The van der Waals surface area contributed by atoms with E-state index in [0.717, 1.165) is 48.6 Å². The number of aromatic nitrogens is 3. The van der Waals surface area contributed by atoms with Crippen LogP contribution in [0.4, 0.5) is 16.4 Å². The normalized spacial score (nSPS) is 21.3. The average Bonchev–Trinajstić information content (AvgIpc) is 3.25. The summed E-state index contributed by atoms with van der Waals surface area (Å²) in [5.41, 5.74) is 3.06. The number of pyridine rings is 1. The van der Waals surface area contributed by atoms with Gasteiger partial charge in [-0.3, -0.25) is 9.88 Å². The molecule has 4 heterocycles. The molecule has 0 spiro atoms. The lowest BCUT2D eigenvalue weighted by molar-refractivity contribution is 0.0985. The number of morpholine rings is 1. The van der Waals surface area contributed by atoms with E-state index >= 15 is 0 Å². The van der Waals surface area contributed by atoms with E-state index in [9.17, 15) is 4.79 Å². The van der Waals surface area contributed by atoms with Crippen LogP contribution in [0.2, 0.25) is 0 Å². The number of carbonyl (C=O) groups excluding carboxylic acids is 1. The summed E-state index contributed by atoms with van der Waals surface area (Å²) in [7, 11) is 1.84. The predicted molar refractivity (Wildman–Crippen MR) is 116 cm³/mol. The van der Waals surface area contributed by atoms with E-state index in [4.69, 9.17) is 14.7 Å². The number of allylic oxidation sites excluding steroid dienone is 1. The summed E-state index contributed by atoms with van der Waals surface area (Å²) >= 11 is 0. The standard InChI is InChI=1S/C22H26N6O2/c1-15-14-30-12-11-27(15)19-13-20(28-10-4-9-26(2)22(28)29)25-21(24-19)17-7-8-23-18-6-3-5-16(17)18/h3,5,7-8,13,15H,4,6,9-12,14H2,1-2H3/t15-/m1/s1. The lowest BCUT2D eigenvalue weighted by Gasteiger charge is -2.36. The van der Waals surface area contributed by atoms with Crippen LogP contribution in [0.25, 0.3) is 17.5 Å². The number of hydrogen-bond donors (Lipinski definition) is 0. The molecule has 2 aromatic heterocycles. The Kier molecular flexibility index (Phi) is 4.86. The van der Waals surface area contributed by atoms with Crippen molar-refractivity contribution in [3.8, 4) is 11.4 Å². The van der Waals surface area contributed by atoms with Gasteiger partial charge in [-0.05, 0) is 19.4 Å². The molecule has 1 atom stereocenters. The van der Waals surface area contributed by atoms with Crippen LogP contribution in [0.3, 0.4) is 0 Å². The van der Waals surface area contributed by atoms with Gasteiger partial charge in [0.25, 0.3) is 0 Å². The Bertz CT molecular complexity index is 1010. The molecule has 2 aromatic rings. The van der Waals surface area contributed by atoms with Crippen LogP contribution in [-0.2, 0) is 11.2 Å². The first kappa shape index (κ1) is 19.0. The molecule has 0 saturated carbocycles. The predicted octanol–water partition coefficient (Wildman–Crippen LogP) is 2.59. The van der Waals surface area contributed by atoms with Gasteiger partial charge in [0.2, 0.25) is 0 Å². The molecule has 2 aliphatic heterocycles. The summed E-state index contributed by atoms with van der Waals surface area (Å²) in [6.07, 6.45) is 7.75. The second kappa shape index (κ2) is 7.68. The van der Waals surface area contributed by atoms with Crippen molar-refractivity contribution in [3.63, 3.8) is 0 Å². The van der Waals surface area contributed by atoms with E-state index in [0.29, 0.717) is 31.4 Å². The lowest BCUT2D eigenvalue weighted by Crippen LogP contribution is -2.48. The molecule has 8 heteroatoms. The SMILES string of the molecule is C[C@@H]1COCCN1c1cc(N2CCCN(C)C2=O)nc(-c2ccnc3c2C=CC3)n1. The molecular weight excluding hydrogens is 380 g/mol. The largest absolute Gasteiger partial charge is 0.377 e. The molecule has 0 radical (unpaired) electrons. The van der Waals surface area contributed by atoms with E-state index < -0.39 is 0 Å². The minimum Gasteiger partial charge on any atom is -0.377 e. The quantitative estimate of drug-likeness (QED) is 0.780. The second-order valence-electron chi connectivity index (χ2n) is 8.06. The third-order valence-electron chi connectivity index (χ3n) is 5.98. The van der Waals surface area contributed by atoms with E-state index in [2.05, 4.69) is 29.0 Å². The summed E-state index contributed by atoms with van der Waals surface area (Å²) in [4.78, 5) is 32.9. The molecule has 2 saturated heterocycles. The van der Waals surface area contributed by atoms with E-state index in [1.54, 1.807) is 9.80 Å². The number of nitrogens with zero attached hydrogens (tertiary/aromatic N) is 6. The molecule has 0 unspecified atom stereocenters. The van der Waals surface area contributed by atoms with Gasteiger partial charge >= 0.3 is 6.03 Å². The maximum Gasteiger partial charge on any atom is 0.325 e. The Morgan fingerprint density at radius 2 is 2.03 bits per heavy atom. The number of amides is 2. The third-order valence-corrected chi connectivity index (χ3v) is 5.98. The molecule has 3 aliphatic rings. The number of fused-ring (bicyclic) bond motifs is 1. The zero-order valence-electron chi connectivity index (χ0n) is 17.4. The molecular formula is C22H26N6O2. The van der Waals surface area contributed by atoms with Gasteiger partial charge in [-0.15, -0.1) is 0 Å². The van der Waals surface area contributed by atoms with Crippen molar-refractivity contribution < 1.29 is 9.53 Å². The van der Waals surface area contributed by atoms with Crippen molar-refractivity contribution in [3.05, 3.63) is 35.7 Å². The minimum atomic E-state index is -0.0215. The van der Waals surface area contributed by atoms with Crippen LogP contribution >= 0.6 is 0 Å². The van der Waals surface area contributed by atoms with E-state index in [1.165, 1.54) is 0 Å². The van der Waals surface area contributed by atoms with Crippen LogP contribution in [0.15, 0.2) is 24.4 Å². The average molecular weight is 406 g/mol. The zero-order chi connectivity index (χ0) is 20.7. The Labute approximate surface area is 176 Å². The number of hydrogen-bond acceptors (Lipinski definition) is 6. The van der Waals surface area contributed by atoms with Crippen LogP contribution in [0.1, 0.15) is 24.6 Å². The van der Waals surface area contributed by atoms with Crippen molar-refractivity contribution in [1.82, 2.24) is 19.9 Å². The van der Waals surface area contributed by atoms with Gasteiger partial charge < -0.3 is 14.5 Å². The molecule has 0 aromatic carbocycles. The zero-order valence-corrected chi connectivity index (χ0v) is 17.4. The van der Waals surface area contributed by atoms with Crippen LogP contribution < -0.4 is 9.80 Å². The van der Waals surface area contributed by atoms with E-state index in [1.807, 2.05) is 25.4 Å². The Balaban J connectivity index is 1.63. The van der Waals surface area contributed by atoms with Crippen molar-refractivity contribution in [1.29, 1.82) is 0 Å². The lowest BCUT2D eigenvalue weighted by atomic mass is 10.1. The summed E-state index contributed by atoms with van der Waals surface area (Å²) < 4.78 is 5.61. The molecule has 8 nitrogen and oxygen atoms in total. The fraction of sp³-hybridized carbons (Fsp3) is 0.455. The van der Waals surface area contributed by atoms with Gasteiger partial charge in [-0.25, -0.2) is 14.8 Å². The first-order valence-electron chi connectivity index (χ1n) is 10.5. The summed E-state index contributed by atoms with van der Waals surface area (Å²) in [6.45, 7) is 5.65. The molecule has 5 rings (SSSR count). The molecule has 0 bridgehead atoms. The molecule has 2 fully saturated rings. The first-order chi connectivity index (χ1) is 14.6. The summed E-state index contributed by atoms with van der Waals surface area (Å²) in [6, 6.07) is 4.09. The highest BCUT2D eigenvalue weighted by Gasteiger charge is 2.29. The van der Waals surface area contributed by atoms with Gasteiger partial charge in [-0.2, -0.15) is 0 Å². The van der Waals surface area contributed by atoms with Gasteiger partial charge in [0, 0.05) is 56.5 Å².